The van der Waals surface area contributed by atoms with Gasteiger partial charge in [-0.15, -0.1) is 11.3 Å². The molecular weight excluding hydrogens is 661 g/mol. The van der Waals surface area contributed by atoms with E-state index in [9.17, 15) is 0 Å². The minimum absolute atomic E-state index is 0.869. The van der Waals surface area contributed by atoms with E-state index in [1.807, 2.05) is 23.1 Å². The van der Waals surface area contributed by atoms with E-state index in [0.717, 1.165) is 60.9 Å². The Balaban J connectivity index is 1.16. The van der Waals surface area contributed by atoms with E-state index in [4.69, 9.17) is 4.74 Å². The highest BCUT2D eigenvalue weighted by Crippen LogP contribution is 2.59. The van der Waals surface area contributed by atoms with Crippen LogP contribution in [-0.2, 0) is 0 Å². The zero-order valence-corrected chi connectivity index (χ0v) is 28.9. The van der Waals surface area contributed by atoms with Gasteiger partial charge in [0.1, 0.15) is 11.5 Å². The average Bonchev–Trinajstić information content (AvgIpc) is 3.59. The number of hydrogen-bond donors (Lipinski definition) is 1. The van der Waals surface area contributed by atoms with Crippen LogP contribution in [0.2, 0.25) is 0 Å². The van der Waals surface area contributed by atoms with Gasteiger partial charge in [-0.25, -0.2) is 0 Å². The molecule has 3 nitrogen and oxygen atoms in total. The third-order valence-electron chi connectivity index (χ3n) is 10.0. The molecule has 240 valence electrons. The molecule has 0 amide bonds. The summed E-state index contributed by atoms with van der Waals surface area (Å²) in [5.41, 5.74) is 10.1. The van der Waals surface area contributed by atoms with Gasteiger partial charge in [-0.1, -0.05) is 109 Å². The highest BCUT2D eigenvalue weighted by molar-refractivity contribution is 8.00. The lowest BCUT2D eigenvalue weighted by Crippen LogP contribution is -2.10. The fraction of sp³-hybridized carbons (Fsp3) is 0. The molecule has 2 aliphatic rings. The maximum absolute atomic E-state index is 6.99. The molecule has 0 atom stereocenters. The van der Waals surface area contributed by atoms with Crippen LogP contribution in [0.5, 0.6) is 11.5 Å². The second kappa shape index (κ2) is 11.3. The van der Waals surface area contributed by atoms with Crippen molar-refractivity contribution in [3.8, 4) is 33.8 Å². The second-order valence-electron chi connectivity index (χ2n) is 13.0. The number of hydrogen-bond acceptors (Lipinski definition) is 5. The number of benzene rings is 8. The second-order valence-corrected chi connectivity index (χ2v) is 15.1. The average molecular weight is 689 g/mol. The van der Waals surface area contributed by atoms with Gasteiger partial charge in [0.25, 0.3) is 0 Å². The molecule has 1 N–H and O–H groups in total. The quantitative estimate of drug-likeness (QED) is 0.199. The first-order valence-corrected chi connectivity index (χ1v) is 18.7. The number of fused-ring (bicyclic) bond motifs is 5. The van der Waals surface area contributed by atoms with Crippen LogP contribution in [0.1, 0.15) is 0 Å². The highest BCUT2D eigenvalue weighted by atomic mass is 32.2. The summed E-state index contributed by atoms with van der Waals surface area (Å²) in [6.07, 6.45) is 0. The lowest BCUT2D eigenvalue weighted by atomic mass is 9.93. The van der Waals surface area contributed by atoms with Crippen molar-refractivity contribution in [2.75, 3.05) is 10.2 Å². The van der Waals surface area contributed by atoms with Crippen LogP contribution < -0.4 is 15.0 Å². The summed E-state index contributed by atoms with van der Waals surface area (Å²) in [5.74, 6) is 1.77. The lowest BCUT2D eigenvalue weighted by Gasteiger charge is -2.28. The normalized spacial score (nSPS) is 12.5. The Bertz CT molecular complexity index is 2860. The molecule has 0 spiro atoms. The van der Waals surface area contributed by atoms with Crippen LogP contribution in [0.3, 0.4) is 0 Å². The Morgan fingerprint density at radius 3 is 2.22 bits per heavy atom. The van der Waals surface area contributed by atoms with E-state index in [-0.39, 0.29) is 0 Å². The molecule has 5 heteroatoms. The first-order valence-electron chi connectivity index (χ1n) is 17.1. The van der Waals surface area contributed by atoms with E-state index in [1.165, 1.54) is 42.1 Å². The smallest absolute Gasteiger partial charge is 0.149 e. The molecule has 9 aromatic rings. The van der Waals surface area contributed by atoms with Crippen molar-refractivity contribution in [2.24, 2.45) is 0 Å². The zero-order chi connectivity index (χ0) is 33.5. The van der Waals surface area contributed by atoms with Crippen molar-refractivity contribution in [1.82, 2.24) is 0 Å². The largest absolute Gasteiger partial charge is 0.454 e. The summed E-state index contributed by atoms with van der Waals surface area (Å²) in [4.78, 5) is 4.66. The van der Waals surface area contributed by atoms with Crippen molar-refractivity contribution in [3.05, 3.63) is 164 Å². The zero-order valence-electron chi connectivity index (χ0n) is 27.3. The summed E-state index contributed by atoms with van der Waals surface area (Å²) in [6, 6.07) is 58.9. The van der Waals surface area contributed by atoms with Crippen molar-refractivity contribution < 1.29 is 4.74 Å². The van der Waals surface area contributed by atoms with Gasteiger partial charge in [0.2, 0.25) is 0 Å². The van der Waals surface area contributed by atoms with Crippen molar-refractivity contribution in [1.29, 1.82) is 0 Å². The van der Waals surface area contributed by atoms with Gasteiger partial charge in [0.05, 0.1) is 21.2 Å². The molecule has 0 saturated heterocycles. The van der Waals surface area contributed by atoms with Gasteiger partial charge in [-0.05, 0) is 83.2 Å². The standard InChI is InChI=1S/C46H28N2OS2/c1-2-14-30(15-3-1)48(38-22-11-25-41-43(38)34-18-5-7-24-40(34)50-41)31-16-8-12-28(26-31)35-27-29-13-9-19-33-32-17-4-6-20-36(32)47-37-21-10-23-39-45(37)51-46(42(29)33)44(35)49-39/h1-27,47H. The molecule has 11 rings (SSSR count). The molecule has 0 fully saturated rings. The molecule has 51 heavy (non-hydrogen) atoms. The molecular formula is C46H28N2OS2. The van der Waals surface area contributed by atoms with Gasteiger partial charge in [0, 0.05) is 53.7 Å². The fourth-order valence-electron chi connectivity index (χ4n) is 7.78. The molecule has 0 unspecified atom stereocenters. The molecule has 0 saturated carbocycles. The van der Waals surface area contributed by atoms with Gasteiger partial charge < -0.3 is 15.0 Å². The van der Waals surface area contributed by atoms with E-state index >= 15 is 0 Å². The van der Waals surface area contributed by atoms with Gasteiger partial charge >= 0.3 is 0 Å². The van der Waals surface area contributed by atoms with Gasteiger partial charge in [0.15, 0.2) is 0 Å². The first kappa shape index (κ1) is 28.8. The predicted molar refractivity (Wildman–Crippen MR) is 216 cm³/mol. The van der Waals surface area contributed by atoms with Crippen LogP contribution in [0, 0.1) is 0 Å². The van der Waals surface area contributed by atoms with Crippen LogP contribution in [0.4, 0.5) is 28.4 Å². The van der Waals surface area contributed by atoms with Crippen LogP contribution in [0.25, 0.3) is 53.2 Å². The molecule has 0 radical (unpaired) electrons. The monoisotopic (exact) mass is 688 g/mol. The molecule has 3 heterocycles. The van der Waals surface area contributed by atoms with Crippen LogP contribution in [0.15, 0.2) is 174 Å². The number of nitrogens with one attached hydrogen (secondary N) is 1. The lowest BCUT2D eigenvalue weighted by molar-refractivity contribution is 0.458. The molecule has 0 aliphatic carbocycles. The number of thiophene rings is 1. The minimum Gasteiger partial charge on any atom is -0.454 e. The fourth-order valence-corrected chi connectivity index (χ4v) is 10.1. The third kappa shape index (κ3) is 4.45. The Hall–Kier alpha value is -6.01. The summed E-state index contributed by atoms with van der Waals surface area (Å²) in [6.45, 7) is 0. The number of para-hydroxylation sites is 2. The summed E-state index contributed by atoms with van der Waals surface area (Å²) in [5, 5.41) is 8.70. The Labute approximate surface area is 303 Å². The van der Waals surface area contributed by atoms with Crippen molar-refractivity contribution in [3.63, 3.8) is 0 Å². The van der Waals surface area contributed by atoms with Crippen molar-refractivity contribution >= 4 is 82.5 Å². The number of nitrogens with zero attached hydrogens (tertiary/aromatic N) is 1. The van der Waals surface area contributed by atoms with Crippen LogP contribution in [-0.4, -0.2) is 0 Å². The predicted octanol–water partition coefficient (Wildman–Crippen LogP) is 14.3. The van der Waals surface area contributed by atoms with Gasteiger partial charge in [-0.3, -0.25) is 0 Å². The molecule has 2 aliphatic heterocycles. The van der Waals surface area contributed by atoms with Crippen LogP contribution >= 0.6 is 23.1 Å². The number of ether oxygens (including phenoxy) is 1. The topological polar surface area (TPSA) is 24.5 Å². The SMILES string of the molecule is c1ccc(N(c2cccc(-c3cc4cccc5c4c4c3Oc3cccc(c3S4)Nc3ccccc3-5)c2)c2cccc3sc4ccccc4c23)cc1. The summed E-state index contributed by atoms with van der Waals surface area (Å²) in [7, 11) is 0. The Morgan fingerprint density at radius 1 is 0.510 bits per heavy atom. The number of rotatable bonds is 4. The first-order chi connectivity index (χ1) is 25.3. The van der Waals surface area contributed by atoms with Crippen molar-refractivity contribution in [2.45, 2.75) is 9.79 Å². The Morgan fingerprint density at radius 2 is 1.25 bits per heavy atom. The Kier molecular flexibility index (Phi) is 6.35. The third-order valence-corrected chi connectivity index (χ3v) is 12.4. The maximum atomic E-state index is 6.99. The van der Waals surface area contributed by atoms with E-state index < -0.39 is 0 Å². The summed E-state index contributed by atoms with van der Waals surface area (Å²) >= 11 is 3.66. The highest BCUT2D eigenvalue weighted by Gasteiger charge is 2.30. The minimum atomic E-state index is 0.869. The molecule has 2 bridgehead atoms. The van der Waals surface area contributed by atoms with E-state index in [2.05, 4.69) is 174 Å². The summed E-state index contributed by atoms with van der Waals surface area (Å²) < 4.78 is 9.56. The molecule has 8 aromatic carbocycles. The maximum Gasteiger partial charge on any atom is 0.149 e. The number of anilines is 5. The van der Waals surface area contributed by atoms with E-state index in [1.54, 1.807) is 0 Å². The van der Waals surface area contributed by atoms with Gasteiger partial charge in [-0.2, -0.15) is 0 Å². The molecule has 1 aromatic heterocycles. The van der Waals surface area contributed by atoms with E-state index in [0.29, 0.717) is 0 Å².